The number of nitrogens with zero attached hydrogens (tertiary/aromatic N) is 3. The summed E-state index contributed by atoms with van der Waals surface area (Å²) in [6, 6.07) is 7.46. The van der Waals surface area contributed by atoms with Crippen molar-refractivity contribution in [2.45, 2.75) is 37.6 Å². The standard InChI is InChI=1S/C21H22ClN5O2/c1-23-19(28)12-6-8-14(9-7-12)25-21-24-11-13-10-16(20(29)26-18(13)27-21)15-4-2-3-5-17(15)22/h2-5,10-12,14,16H,6-9H2,1H3,(H,23,28)(H,25,26,27,29). The monoisotopic (exact) mass is 411 g/mol. The second-order valence-corrected chi connectivity index (χ2v) is 7.80. The van der Waals surface area contributed by atoms with Crippen LogP contribution in [0.25, 0.3) is 6.08 Å². The molecule has 150 valence electrons. The van der Waals surface area contributed by atoms with E-state index in [0.29, 0.717) is 21.7 Å². The fourth-order valence-corrected chi connectivity index (χ4v) is 4.17. The minimum atomic E-state index is -0.529. The molecule has 1 aliphatic carbocycles. The summed E-state index contributed by atoms with van der Waals surface area (Å²) >= 11 is 6.24. The lowest BCUT2D eigenvalue weighted by Crippen LogP contribution is -2.38. The Balaban J connectivity index is 1.51. The lowest BCUT2D eigenvalue weighted by atomic mass is 9.85. The van der Waals surface area contributed by atoms with Crippen LogP contribution >= 0.6 is 11.6 Å². The van der Waals surface area contributed by atoms with Gasteiger partial charge in [0.15, 0.2) is 5.49 Å². The summed E-state index contributed by atoms with van der Waals surface area (Å²) in [7, 11) is 1.67. The number of halogens is 1. The van der Waals surface area contributed by atoms with E-state index in [9.17, 15) is 9.59 Å². The SMILES string of the molecule is CNC(=O)C1CCC(Nc2ncc3c(n2)=NC(=O)C(c2ccccc2Cl)C=3)CC1. The molecule has 2 aromatic rings. The molecule has 8 heteroatoms. The van der Waals surface area contributed by atoms with Gasteiger partial charge in [-0.15, -0.1) is 0 Å². The van der Waals surface area contributed by atoms with Crippen molar-refractivity contribution in [1.82, 2.24) is 15.3 Å². The maximum Gasteiger partial charge on any atom is 0.259 e. The average Bonchev–Trinajstić information content (AvgIpc) is 2.74. The number of hydrogen-bond acceptors (Lipinski definition) is 5. The topological polar surface area (TPSA) is 96.3 Å². The summed E-state index contributed by atoms with van der Waals surface area (Å²) < 4.78 is 0. The molecule has 1 aromatic carbocycles. The molecule has 2 aliphatic rings. The van der Waals surface area contributed by atoms with Crippen molar-refractivity contribution in [3.8, 4) is 0 Å². The van der Waals surface area contributed by atoms with Gasteiger partial charge in [0.2, 0.25) is 11.9 Å². The Morgan fingerprint density at radius 2 is 1.93 bits per heavy atom. The maximum absolute atomic E-state index is 12.6. The van der Waals surface area contributed by atoms with Crippen molar-refractivity contribution >= 4 is 35.4 Å². The zero-order chi connectivity index (χ0) is 20.4. The van der Waals surface area contributed by atoms with Gasteiger partial charge in [-0.3, -0.25) is 9.59 Å². The number of benzene rings is 1. The van der Waals surface area contributed by atoms with Crippen molar-refractivity contribution in [3.05, 3.63) is 51.8 Å². The van der Waals surface area contributed by atoms with E-state index < -0.39 is 5.92 Å². The predicted molar refractivity (Wildman–Crippen MR) is 110 cm³/mol. The van der Waals surface area contributed by atoms with E-state index in [1.54, 1.807) is 19.3 Å². The highest BCUT2D eigenvalue weighted by Crippen LogP contribution is 2.28. The van der Waals surface area contributed by atoms with Gasteiger partial charge in [-0.05, 0) is 37.3 Å². The highest BCUT2D eigenvalue weighted by atomic mass is 35.5. The summed E-state index contributed by atoms with van der Waals surface area (Å²) in [6.07, 6.45) is 6.90. The summed E-state index contributed by atoms with van der Waals surface area (Å²) in [5.74, 6) is -0.186. The molecule has 2 heterocycles. The van der Waals surface area contributed by atoms with Crippen LogP contribution < -0.4 is 21.3 Å². The Hall–Kier alpha value is -2.80. The molecular formula is C21H22ClN5O2. The number of anilines is 1. The van der Waals surface area contributed by atoms with E-state index in [1.165, 1.54) is 0 Å². The first-order valence-electron chi connectivity index (χ1n) is 9.75. The minimum Gasteiger partial charge on any atom is -0.359 e. The van der Waals surface area contributed by atoms with Crippen LogP contribution in [0, 0.1) is 5.92 Å². The molecule has 1 aromatic heterocycles. The first-order valence-corrected chi connectivity index (χ1v) is 10.1. The molecule has 2 N–H and O–H groups in total. The predicted octanol–water partition coefficient (Wildman–Crippen LogP) is 1.57. The van der Waals surface area contributed by atoms with Crippen molar-refractivity contribution in [2.75, 3.05) is 12.4 Å². The van der Waals surface area contributed by atoms with Crippen LogP contribution in [-0.2, 0) is 9.59 Å². The highest BCUT2D eigenvalue weighted by molar-refractivity contribution is 6.31. The molecule has 2 amide bonds. The molecule has 0 radical (unpaired) electrons. The largest absolute Gasteiger partial charge is 0.359 e. The fraction of sp³-hybridized carbons (Fsp3) is 0.381. The van der Waals surface area contributed by atoms with Crippen LogP contribution in [-0.4, -0.2) is 34.9 Å². The summed E-state index contributed by atoms with van der Waals surface area (Å²) in [6.45, 7) is 0. The second kappa shape index (κ2) is 8.29. The van der Waals surface area contributed by atoms with Gasteiger partial charge in [0.1, 0.15) is 0 Å². The Labute approximate surface area is 173 Å². The summed E-state index contributed by atoms with van der Waals surface area (Å²) in [5, 5.41) is 7.28. The molecule has 1 saturated carbocycles. The van der Waals surface area contributed by atoms with Crippen molar-refractivity contribution < 1.29 is 9.59 Å². The van der Waals surface area contributed by atoms with Gasteiger partial charge >= 0.3 is 0 Å². The van der Waals surface area contributed by atoms with Crippen molar-refractivity contribution in [2.24, 2.45) is 10.9 Å². The molecule has 0 bridgehead atoms. The van der Waals surface area contributed by atoms with Gasteiger partial charge in [-0.25, -0.2) is 4.98 Å². The lowest BCUT2D eigenvalue weighted by Gasteiger charge is -2.28. The zero-order valence-electron chi connectivity index (χ0n) is 16.1. The quantitative estimate of drug-likeness (QED) is 0.796. The van der Waals surface area contributed by atoms with Gasteiger partial charge < -0.3 is 10.6 Å². The van der Waals surface area contributed by atoms with E-state index in [4.69, 9.17) is 11.6 Å². The van der Waals surface area contributed by atoms with Gasteiger partial charge in [0.25, 0.3) is 5.91 Å². The van der Waals surface area contributed by atoms with Crippen LogP contribution in [0.2, 0.25) is 5.02 Å². The number of carbonyl (C=O) groups is 2. The Morgan fingerprint density at radius 3 is 2.66 bits per heavy atom. The molecule has 1 fully saturated rings. The van der Waals surface area contributed by atoms with Gasteiger partial charge in [0.05, 0.1) is 5.92 Å². The number of nitrogens with one attached hydrogen (secondary N) is 2. The molecule has 1 aliphatic heterocycles. The van der Waals surface area contributed by atoms with Crippen molar-refractivity contribution in [1.29, 1.82) is 0 Å². The van der Waals surface area contributed by atoms with E-state index >= 15 is 0 Å². The average molecular weight is 412 g/mol. The molecule has 1 unspecified atom stereocenters. The molecule has 7 nitrogen and oxygen atoms in total. The zero-order valence-corrected chi connectivity index (χ0v) is 16.8. The normalized spacial score (nSPS) is 23.4. The van der Waals surface area contributed by atoms with Crippen LogP contribution in [0.5, 0.6) is 0 Å². The molecular weight excluding hydrogens is 390 g/mol. The summed E-state index contributed by atoms with van der Waals surface area (Å²) in [4.78, 5) is 37.3. The highest BCUT2D eigenvalue weighted by Gasteiger charge is 2.26. The van der Waals surface area contributed by atoms with Gasteiger partial charge in [-0.1, -0.05) is 35.9 Å². The minimum absolute atomic E-state index is 0.0754. The third kappa shape index (κ3) is 4.15. The van der Waals surface area contributed by atoms with Gasteiger partial charge in [0, 0.05) is 35.4 Å². The molecule has 29 heavy (non-hydrogen) atoms. The van der Waals surface area contributed by atoms with E-state index in [1.807, 2.05) is 24.3 Å². The number of hydrogen-bond donors (Lipinski definition) is 2. The summed E-state index contributed by atoms with van der Waals surface area (Å²) in [5.41, 5.74) is 1.10. The maximum atomic E-state index is 12.6. The van der Waals surface area contributed by atoms with Crippen molar-refractivity contribution in [3.63, 3.8) is 0 Å². The smallest absolute Gasteiger partial charge is 0.259 e. The Bertz CT molecular complexity index is 1060. The molecule has 4 rings (SSSR count). The molecule has 0 saturated heterocycles. The number of amides is 2. The number of rotatable bonds is 4. The third-order valence-corrected chi connectivity index (χ3v) is 5.89. The Kier molecular flexibility index (Phi) is 5.58. The first kappa shape index (κ1) is 19.5. The van der Waals surface area contributed by atoms with E-state index in [2.05, 4.69) is 25.6 Å². The van der Waals surface area contributed by atoms with Crippen LogP contribution in [0.3, 0.4) is 0 Å². The van der Waals surface area contributed by atoms with E-state index in [-0.39, 0.29) is 23.8 Å². The van der Waals surface area contributed by atoms with Crippen LogP contribution in [0.15, 0.2) is 35.5 Å². The third-order valence-electron chi connectivity index (χ3n) is 5.54. The lowest BCUT2D eigenvalue weighted by molar-refractivity contribution is -0.125. The van der Waals surface area contributed by atoms with E-state index in [0.717, 1.165) is 31.2 Å². The number of fused-ring (bicyclic) bond motifs is 1. The first-order chi connectivity index (χ1) is 14.0. The second-order valence-electron chi connectivity index (χ2n) is 7.40. The molecule has 0 spiro atoms. The molecule has 1 atom stereocenters. The van der Waals surface area contributed by atoms with Crippen LogP contribution in [0.4, 0.5) is 5.95 Å². The Morgan fingerprint density at radius 1 is 1.17 bits per heavy atom. The fourth-order valence-electron chi connectivity index (χ4n) is 3.92. The van der Waals surface area contributed by atoms with Gasteiger partial charge in [-0.2, -0.15) is 9.98 Å². The number of aromatic nitrogens is 2. The number of carbonyl (C=O) groups excluding carboxylic acids is 2. The van der Waals surface area contributed by atoms with Crippen LogP contribution in [0.1, 0.15) is 37.2 Å².